The van der Waals surface area contributed by atoms with Gasteiger partial charge in [-0.25, -0.2) is 0 Å². The average molecular weight is 529 g/mol. The lowest BCUT2D eigenvalue weighted by Gasteiger charge is -2.58. The van der Waals surface area contributed by atoms with Crippen molar-refractivity contribution in [3.63, 3.8) is 0 Å². The molecule has 0 spiro atoms. The molecule has 1 saturated heterocycles. The fourth-order valence-corrected chi connectivity index (χ4v) is 7.87. The van der Waals surface area contributed by atoms with Crippen LogP contribution < -0.4 is 10.6 Å². The maximum absolute atomic E-state index is 13.6. The molecule has 2 saturated carbocycles. The third-order valence-electron chi connectivity index (χ3n) is 9.82. The first-order valence-electron chi connectivity index (χ1n) is 12.7. The summed E-state index contributed by atoms with van der Waals surface area (Å²) in [6, 6.07) is 1.12. The maximum Gasteiger partial charge on any atom is 0.418 e. The number of allylic oxidation sites excluding steroid dienone is 2. The van der Waals surface area contributed by atoms with Crippen molar-refractivity contribution in [3.8, 4) is 0 Å². The Labute approximate surface area is 211 Å². The van der Waals surface area contributed by atoms with Crippen molar-refractivity contribution in [2.24, 2.45) is 34.5 Å². The van der Waals surface area contributed by atoms with E-state index in [0.717, 1.165) is 25.0 Å². The Bertz CT molecular complexity index is 1160. The van der Waals surface area contributed by atoms with Crippen molar-refractivity contribution in [1.82, 2.24) is 5.32 Å². The van der Waals surface area contributed by atoms with E-state index in [0.29, 0.717) is 49.9 Å². The average Bonchev–Trinajstić information content (AvgIpc) is 3.15. The van der Waals surface area contributed by atoms with E-state index in [1.165, 1.54) is 0 Å². The van der Waals surface area contributed by atoms with Crippen molar-refractivity contribution < 1.29 is 35.9 Å². The molecule has 0 aromatic heterocycles. The van der Waals surface area contributed by atoms with Gasteiger partial charge in [-0.3, -0.25) is 9.59 Å². The molecule has 0 unspecified atom stereocenters. The second-order valence-electron chi connectivity index (χ2n) is 11.6. The lowest BCUT2D eigenvalue weighted by Crippen LogP contribution is -2.57. The van der Waals surface area contributed by atoms with Crippen LogP contribution in [-0.4, -0.2) is 18.2 Å². The van der Waals surface area contributed by atoms with Gasteiger partial charge in [-0.05, 0) is 73.5 Å². The monoisotopic (exact) mass is 528 g/mol. The number of amides is 1. The van der Waals surface area contributed by atoms with Gasteiger partial charge in [-0.1, -0.05) is 13.8 Å². The molecule has 0 bridgehead atoms. The van der Waals surface area contributed by atoms with Crippen LogP contribution >= 0.6 is 0 Å². The van der Waals surface area contributed by atoms with Crippen molar-refractivity contribution in [2.45, 2.75) is 64.7 Å². The van der Waals surface area contributed by atoms with Crippen LogP contribution in [0.1, 0.15) is 63.5 Å². The van der Waals surface area contributed by atoms with Crippen LogP contribution in [0.25, 0.3) is 0 Å². The molecular formula is C27H30F6N2O2. The van der Waals surface area contributed by atoms with Gasteiger partial charge in [-0.15, -0.1) is 0 Å². The zero-order chi connectivity index (χ0) is 27.0. The zero-order valence-electron chi connectivity index (χ0n) is 20.7. The number of alkyl halides is 6. The second-order valence-corrected chi connectivity index (χ2v) is 11.6. The van der Waals surface area contributed by atoms with Gasteiger partial charge in [0.05, 0.1) is 16.8 Å². The third kappa shape index (κ3) is 4.24. The SMILES string of the molecule is C[C@]12CC[C@H]3[C@@H](CNC4=CC(=O)CC[C@@]43C)[C@@H]1CC[C@@H]2C(=O)Nc1cc(C(F)(F)F)ccc1C(F)(F)F. The molecule has 2 N–H and O–H groups in total. The Balaban J connectivity index is 1.40. The summed E-state index contributed by atoms with van der Waals surface area (Å²) in [4.78, 5) is 25.4. The number of halogens is 6. The van der Waals surface area contributed by atoms with Gasteiger partial charge in [0.15, 0.2) is 5.78 Å². The van der Waals surface area contributed by atoms with Gasteiger partial charge >= 0.3 is 12.4 Å². The minimum atomic E-state index is -4.91. The summed E-state index contributed by atoms with van der Waals surface area (Å²) in [6.07, 6.45) is -4.08. The van der Waals surface area contributed by atoms with Crippen LogP contribution in [0.3, 0.4) is 0 Å². The highest BCUT2D eigenvalue weighted by atomic mass is 19.4. The molecule has 4 nitrogen and oxygen atoms in total. The smallest absolute Gasteiger partial charge is 0.387 e. The van der Waals surface area contributed by atoms with Crippen molar-refractivity contribution in [1.29, 1.82) is 0 Å². The maximum atomic E-state index is 13.6. The van der Waals surface area contributed by atoms with E-state index in [-0.39, 0.29) is 23.0 Å². The van der Waals surface area contributed by atoms with Crippen molar-refractivity contribution >= 4 is 17.4 Å². The molecule has 1 aliphatic heterocycles. The second kappa shape index (κ2) is 8.50. The number of ketones is 1. The number of anilines is 1. The summed E-state index contributed by atoms with van der Waals surface area (Å²) in [5.74, 6) is -0.433. The molecule has 5 rings (SSSR count). The quantitative estimate of drug-likeness (QED) is 0.427. The van der Waals surface area contributed by atoms with Gasteiger partial charge in [0, 0.05) is 36.1 Å². The summed E-state index contributed by atoms with van der Waals surface area (Å²) in [5.41, 5.74) is -3.06. The number of rotatable bonds is 2. The minimum Gasteiger partial charge on any atom is -0.387 e. The summed E-state index contributed by atoms with van der Waals surface area (Å²) in [7, 11) is 0. The van der Waals surface area contributed by atoms with Crippen LogP contribution in [0.15, 0.2) is 30.0 Å². The first-order valence-corrected chi connectivity index (χ1v) is 12.7. The summed E-state index contributed by atoms with van der Waals surface area (Å²) in [5, 5.41) is 5.70. The van der Waals surface area contributed by atoms with Crippen LogP contribution in [0, 0.1) is 34.5 Å². The lowest BCUT2D eigenvalue weighted by atomic mass is 9.50. The largest absolute Gasteiger partial charge is 0.418 e. The number of hydrogen-bond acceptors (Lipinski definition) is 3. The number of piperidine rings is 1. The Kier molecular flexibility index (Phi) is 5.99. The molecule has 3 aliphatic carbocycles. The van der Waals surface area contributed by atoms with E-state index in [4.69, 9.17) is 0 Å². The molecule has 1 amide bonds. The molecule has 0 radical (unpaired) electrons. The van der Waals surface area contributed by atoms with Gasteiger partial charge in [0.2, 0.25) is 5.91 Å². The van der Waals surface area contributed by atoms with Crippen LogP contribution in [0.2, 0.25) is 0 Å². The molecule has 1 aromatic carbocycles. The predicted octanol–water partition coefficient (Wildman–Crippen LogP) is 6.58. The Morgan fingerprint density at radius 3 is 2.41 bits per heavy atom. The minimum absolute atomic E-state index is 0.115. The van der Waals surface area contributed by atoms with Gasteiger partial charge in [-0.2, -0.15) is 26.3 Å². The third-order valence-corrected chi connectivity index (χ3v) is 9.82. The number of hydrogen-bond donors (Lipinski definition) is 2. The topological polar surface area (TPSA) is 58.2 Å². The Hall–Kier alpha value is -2.52. The number of benzene rings is 1. The van der Waals surface area contributed by atoms with Crippen LogP contribution in [0.5, 0.6) is 0 Å². The number of fused-ring (bicyclic) bond motifs is 5. The van der Waals surface area contributed by atoms with Gasteiger partial charge in [0.25, 0.3) is 0 Å². The van der Waals surface area contributed by atoms with E-state index >= 15 is 0 Å². The van der Waals surface area contributed by atoms with E-state index in [1.54, 1.807) is 6.08 Å². The first-order chi connectivity index (χ1) is 17.1. The highest BCUT2D eigenvalue weighted by Crippen LogP contribution is 2.64. The number of nitrogens with one attached hydrogen (secondary N) is 2. The highest BCUT2D eigenvalue weighted by Gasteiger charge is 2.60. The summed E-state index contributed by atoms with van der Waals surface area (Å²) in [6.45, 7) is 4.85. The molecule has 6 atom stereocenters. The molecular weight excluding hydrogens is 498 g/mol. The van der Waals surface area contributed by atoms with Crippen molar-refractivity contribution in [2.75, 3.05) is 11.9 Å². The summed E-state index contributed by atoms with van der Waals surface area (Å²) >= 11 is 0. The Morgan fingerprint density at radius 2 is 1.73 bits per heavy atom. The number of carbonyl (C=O) groups excluding carboxylic acids is 2. The molecule has 202 valence electrons. The zero-order valence-corrected chi connectivity index (χ0v) is 20.7. The number of carbonyl (C=O) groups is 2. The highest BCUT2D eigenvalue weighted by molar-refractivity contribution is 5.94. The van der Waals surface area contributed by atoms with E-state index in [9.17, 15) is 35.9 Å². The molecule has 10 heteroatoms. The molecule has 3 fully saturated rings. The predicted molar refractivity (Wildman–Crippen MR) is 124 cm³/mol. The first kappa shape index (κ1) is 26.1. The fourth-order valence-electron chi connectivity index (χ4n) is 7.87. The van der Waals surface area contributed by atoms with Crippen molar-refractivity contribution in [3.05, 3.63) is 41.1 Å². The standard InChI is InChI=1S/C27H30F6N2O2/c1-24-10-8-18-16(13-34-22-12-15(36)7-9-25(18,22)2)17(24)5-6-20(24)23(37)35-21-11-14(26(28,29)30)3-4-19(21)27(31,32)33/h3-4,11-12,16-18,20,34H,5-10,13H2,1-2H3,(H,35,37)/t16-,17-,18-,20+,24-,25+/m0/s1. The molecule has 37 heavy (non-hydrogen) atoms. The van der Waals surface area contributed by atoms with Gasteiger partial charge in [0.1, 0.15) is 0 Å². The van der Waals surface area contributed by atoms with Crippen LogP contribution in [-0.2, 0) is 21.9 Å². The lowest BCUT2D eigenvalue weighted by molar-refractivity contribution is -0.141. The molecule has 1 heterocycles. The van der Waals surface area contributed by atoms with E-state index < -0.39 is 46.4 Å². The summed E-state index contributed by atoms with van der Waals surface area (Å²) < 4.78 is 80.4. The molecule has 1 aromatic rings. The fraction of sp³-hybridized carbons (Fsp3) is 0.630. The normalized spacial score (nSPS) is 35.6. The molecule has 4 aliphatic rings. The van der Waals surface area contributed by atoms with E-state index in [2.05, 4.69) is 17.6 Å². The van der Waals surface area contributed by atoms with Gasteiger partial charge < -0.3 is 10.6 Å². The van der Waals surface area contributed by atoms with E-state index in [1.807, 2.05) is 6.92 Å². The Morgan fingerprint density at radius 1 is 1.00 bits per heavy atom. The van der Waals surface area contributed by atoms with Crippen LogP contribution in [0.4, 0.5) is 32.0 Å².